The van der Waals surface area contributed by atoms with Crippen LogP contribution in [0.5, 0.6) is 5.88 Å². The molecule has 0 radical (unpaired) electrons. The Morgan fingerprint density at radius 1 is 1.16 bits per heavy atom. The highest BCUT2D eigenvalue weighted by atomic mass is 35.5. The minimum atomic E-state index is -3.29. The number of rotatable bonds is 7. The summed E-state index contributed by atoms with van der Waals surface area (Å²) in [6.45, 7) is 7.54. The van der Waals surface area contributed by atoms with Crippen LogP contribution >= 0.6 is 11.6 Å². The summed E-state index contributed by atoms with van der Waals surface area (Å²) >= 11 is 6.65. The lowest BCUT2D eigenvalue weighted by Crippen LogP contribution is -2.55. The first kappa shape index (κ1) is 25.5. The number of aromatic nitrogens is 1. The normalized spacial score (nSPS) is 20.4. The summed E-state index contributed by atoms with van der Waals surface area (Å²) in [4.78, 5) is 11.7. The van der Waals surface area contributed by atoms with Crippen LogP contribution in [0.25, 0.3) is 10.8 Å². The summed E-state index contributed by atoms with van der Waals surface area (Å²) in [6.07, 6.45) is 3.11. The van der Waals surface area contributed by atoms with Gasteiger partial charge in [-0.2, -0.15) is 4.98 Å². The largest absolute Gasteiger partial charge is 0.476 e. The Bertz CT molecular complexity index is 1480. The Labute approximate surface area is 229 Å². The van der Waals surface area contributed by atoms with Crippen LogP contribution in [-0.4, -0.2) is 69.4 Å². The molecule has 4 heterocycles. The highest BCUT2D eigenvalue weighted by molar-refractivity contribution is 7.95. The molecule has 3 aliphatic rings. The summed E-state index contributed by atoms with van der Waals surface area (Å²) in [5.74, 6) is 1.45. The summed E-state index contributed by atoms with van der Waals surface area (Å²) in [7, 11) is -1.15. The molecule has 6 rings (SSSR count). The zero-order chi connectivity index (χ0) is 26.4. The van der Waals surface area contributed by atoms with Crippen LogP contribution in [0.2, 0.25) is 5.02 Å². The van der Waals surface area contributed by atoms with Gasteiger partial charge in [0, 0.05) is 60.3 Å². The van der Waals surface area contributed by atoms with Crippen molar-refractivity contribution in [2.45, 2.75) is 37.1 Å². The molecule has 0 aliphatic carbocycles. The molecule has 0 spiro atoms. The lowest BCUT2D eigenvalue weighted by atomic mass is 9.97. The number of sulfone groups is 1. The van der Waals surface area contributed by atoms with Crippen molar-refractivity contribution in [1.82, 2.24) is 9.88 Å². The number of nitrogens with zero attached hydrogens (tertiary/aromatic N) is 4. The lowest BCUT2D eigenvalue weighted by Gasteiger charge is -2.41. The number of halogens is 1. The third kappa shape index (κ3) is 4.63. The van der Waals surface area contributed by atoms with Crippen LogP contribution in [0.15, 0.2) is 54.5 Å². The first-order valence-electron chi connectivity index (χ1n) is 13.2. The Balaban J connectivity index is 1.32. The Morgan fingerprint density at radius 2 is 1.95 bits per heavy atom. The Kier molecular flexibility index (Phi) is 6.74. The van der Waals surface area contributed by atoms with Gasteiger partial charge in [0.05, 0.1) is 5.02 Å². The summed E-state index contributed by atoms with van der Waals surface area (Å²) in [6, 6.07) is 14.8. The summed E-state index contributed by atoms with van der Waals surface area (Å²) in [5, 5.41) is 3.57. The molecule has 0 unspecified atom stereocenters. The van der Waals surface area contributed by atoms with Gasteiger partial charge in [-0.3, -0.25) is 0 Å². The number of fused-ring (bicyclic) bond motifs is 2. The van der Waals surface area contributed by atoms with E-state index in [4.69, 9.17) is 21.3 Å². The molecule has 1 atom stereocenters. The fourth-order valence-corrected chi connectivity index (χ4v) is 7.26. The Hall–Kier alpha value is -2.81. The standard InChI is InChI=1S/C29H33ClN4O3S/c1-3-38(35,36)23-17-34(18-23)29-24-12-14-33(26-11-5-8-20-7-4-10-25(30)28(20)26)16-21(24)15-27(31-29)37-19-22-9-6-13-32(22)2/h3-5,7-8,10-11,15,22-23H,1,6,9,12-14,16-19H2,2H3/t22-/m0/s1. The van der Waals surface area contributed by atoms with E-state index in [-0.39, 0.29) is 0 Å². The van der Waals surface area contributed by atoms with Crippen molar-refractivity contribution in [2.24, 2.45) is 0 Å². The van der Waals surface area contributed by atoms with Crippen molar-refractivity contribution >= 4 is 43.7 Å². The molecule has 1 aromatic heterocycles. The van der Waals surface area contributed by atoms with Gasteiger partial charge in [0.15, 0.2) is 9.84 Å². The number of anilines is 2. The molecule has 2 fully saturated rings. The number of benzene rings is 2. The second kappa shape index (κ2) is 10.1. The molecular weight excluding hydrogens is 520 g/mol. The van der Waals surface area contributed by atoms with Gasteiger partial charge in [-0.05, 0) is 55.9 Å². The average Bonchev–Trinajstić information content (AvgIpc) is 3.30. The molecule has 2 saturated heterocycles. The molecule has 200 valence electrons. The van der Waals surface area contributed by atoms with E-state index in [0.29, 0.717) is 38.2 Å². The molecule has 0 saturated carbocycles. The predicted molar refractivity (Wildman–Crippen MR) is 154 cm³/mol. The van der Waals surface area contributed by atoms with E-state index >= 15 is 0 Å². The van der Waals surface area contributed by atoms with Gasteiger partial charge in [-0.25, -0.2) is 8.42 Å². The van der Waals surface area contributed by atoms with E-state index < -0.39 is 15.1 Å². The average molecular weight is 553 g/mol. The molecule has 38 heavy (non-hydrogen) atoms. The zero-order valence-electron chi connectivity index (χ0n) is 21.6. The molecule has 9 heteroatoms. The van der Waals surface area contributed by atoms with Crippen LogP contribution in [0.3, 0.4) is 0 Å². The van der Waals surface area contributed by atoms with Crippen molar-refractivity contribution in [3.05, 3.63) is 70.6 Å². The molecule has 2 aromatic carbocycles. The van der Waals surface area contributed by atoms with Gasteiger partial charge in [-0.1, -0.05) is 42.4 Å². The monoisotopic (exact) mass is 552 g/mol. The van der Waals surface area contributed by atoms with E-state index in [1.807, 2.05) is 12.1 Å². The topological polar surface area (TPSA) is 66.0 Å². The van der Waals surface area contributed by atoms with Gasteiger partial charge in [-0.15, -0.1) is 0 Å². The summed E-state index contributed by atoms with van der Waals surface area (Å²) < 4.78 is 30.9. The van der Waals surface area contributed by atoms with E-state index in [0.717, 1.165) is 64.2 Å². The third-order valence-corrected chi connectivity index (χ3v) is 10.3. The number of likely N-dealkylation sites (tertiary alicyclic amines) is 1. The predicted octanol–water partition coefficient (Wildman–Crippen LogP) is 4.67. The van der Waals surface area contributed by atoms with Crippen LogP contribution < -0.4 is 14.5 Å². The maximum absolute atomic E-state index is 12.3. The molecule has 3 aliphatic heterocycles. The van der Waals surface area contributed by atoms with E-state index in [1.54, 1.807) is 0 Å². The highest BCUT2D eigenvalue weighted by Crippen LogP contribution is 2.39. The van der Waals surface area contributed by atoms with E-state index in [2.05, 4.69) is 58.7 Å². The first-order valence-corrected chi connectivity index (χ1v) is 15.2. The van der Waals surface area contributed by atoms with E-state index in [1.165, 1.54) is 12.0 Å². The maximum Gasteiger partial charge on any atom is 0.215 e. The van der Waals surface area contributed by atoms with E-state index in [9.17, 15) is 8.42 Å². The SMILES string of the molecule is C=CS(=O)(=O)C1CN(c2nc(OC[C@@H]3CCCN3C)cc3c2CCN(c2cccc4cccc(Cl)c24)C3)C1. The third-order valence-electron chi connectivity index (χ3n) is 8.28. The van der Waals surface area contributed by atoms with Gasteiger partial charge < -0.3 is 19.4 Å². The minimum Gasteiger partial charge on any atom is -0.476 e. The minimum absolute atomic E-state index is 0.386. The summed E-state index contributed by atoms with van der Waals surface area (Å²) in [5.41, 5.74) is 3.45. The molecular formula is C29H33ClN4O3S. The fourth-order valence-electron chi connectivity index (χ4n) is 5.94. The van der Waals surface area contributed by atoms with Gasteiger partial charge in [0.2, 0.25) is 5.88 Å². The molecule has 0 N–H and O–H groups in total. The van der Waals surface area contributed by atoms with Crippen LogP contribution in [0.4, 0.5) is 11.5 Å². The molecule has 3 aromatic rings. The van der Waals surface area contributed by atoms with Gasteiger partial charge in [0.25, 0.3) is 0 Å². The highest BCUT2D eigenvalue weighted by Gasteiger charge is 2.38. The van der Waals surface area contributed by atoms with Crippen LogP contribution in [-0.2, 0) is 22.8 Å². The number of hydrogen-bond donors (Lipinski definition) is 0. The Morgan fingerprint density at radius 3 is 2.68 bits per heavy atom. The van der Waals surface area contributed by atoms with Crippen molar-refractivity contribution in [3.8, 4) is 5.88 Å². The number of likely N-dealkylation sites (N-methyl/N-ethyl adjacent to an activating group) is 1. The van der Waals surface area contributed by atoms with Crippen LogP contribution in [0, 0.1) is 0 Å². The number of pyridine rings is 1. The van der Waals surface area contributed by atoms with Crippen molar-refractivity contribution < 1.29 is 13.2 Å². The maximum atomic E-state index is 12.3. The molecule has 0 bridgehead atoms. The zero-order valence-corrected chi connectivity index (χ0v) is 23.2. The second-order valence-electron chi connectivity index (χ2n) is 10.6. The number of hydrogen-bond acceptors (Lipinski definition) is 7. The quantitative estimate of drug-likeness (QED) is 0.422. The number of ether oxygens (including phenoxy) is 1. The molecule has 7 nitrogen and oxygen atoms in total. The molecule has 0 amide bonds. The lowest BCUT2D eigenvalue weighted by molar-refractivity contribution is 0.193. The van der Waals surface area contributed by atoms with Gasteiger partial charge >= 0.3 is 0 Å². The first-order chi connectivity index (χ1) is 18.3. The van der Waals surface area contributed by atoms with Crippen molar-refractivity contribution in [3.63, 3.8) is 0 Å². The van der Waals surface area contributed by atoms with Crippen molar-refractivity contribution in [2.75, 3.05) is 49.6 Å². The van der Waals surface area contributed by atoms with Gasteiger partial charge in [0.1, 0.15) is 17.7 Å². The van der Waals surface area contributed by atoms with Crippen LogP contribution in [0.1, 0.15) is 24.0 Å². The van der Waals surface area contributed by atoms with Crippen molar-refractivity contribution in [1.29, 1.82) is 0 Å². The smallest absolute Gasteiger partial charge is 0.215 e. The fraction of sp³-hybridized carbons (Fsp3) is 0.414. The second-order valence-corrected chi connectivity index (χ2v) is 13.2.